The largest absolute Gasteiger partial charge is 0.394 e. The highest BCUT2D eigenvalue weighted by Crippen LogP contribution is 2.31. The molecular weight excluding hydrogens is 532 g/mol. The van der Waals surface area contributed by atoms with Gasteiger partial charge in [-0.2, -0.15) is 0 Å². The van der Waals surface area contributed by atoms with Gasteiger partial charge in [0.1, 0.15) is 34.4 Å². The van der Waals surface area contributed by atoms with Gasteiger partial charge in [0.25, 0.3) is 5.91 Å². The van der Waals surface area contributed by atoms with Crippen molar-refractivity contribution in [1.82, 2.24) is 20.1 Å². The van der Waals surface area contributed by atoms with Gasteiger partial charge in [0.15, 0.2) is 6.29 Å². The van der Waals surface area contributed by atoms with E-state index in [0.717, 1.165) is 37.4 Å². The predicted molar refractivity (Wildman–Crippen MR) is 150 cm³/mol. The zero-order valence-electron chi connectivity index (χ0n) is 21.5. The first-order valence-corrected chi connectivity index (χ1v) is 13.7. The van der Waals surface area contributed by atoms with Crippen molar-refractivity contribution in [2.45, 2.75) is 44.1 Å². The molecule has 5 aromatic rings. The molecule has 2 aromatic heterocycles. The molecule has 5 atom stereocenters. The Morgan fingerprint density at radius 3 is 2.58 bits per heavy atom. The van der Waals surface area contributed by atoms with Gasteiger partial charge in [0.05, 0.1) is 12.2 Å². The second kappa shape index (κ2) is 10.7. The summed E-state index contributed by atoms with van der Waals surface area (Å²) in [6.07, 6.45) is -4.06. The fourth-order valence-corrected chi connectivity index (χ4v) is 5.85. The zero-order chi connectivity index (χ0) is 28.0. The van der Waals surface area contributed by atoms with Gasteiger partial charge in [-0.25, -0.2) is 0 Å². The van der Waals surface area contributed by atoms with Crippen LogP contribution in [0.3, 0.4) is 0 Å². The number of hydrogen-bond acceptors (Lipinski definition) is 9. The van der Waals surface area contributed by atoms with Gasteiger partial charge >= 0.3 is 0 Å². The number of fused-ring (bicyclic) bond motifs is 2. The summed E-state index contributed by atoms with van der Waals surface area (Å²) in [5.41, 5.74) is 3.04. The third kappa shape index (κ3) is 4.87. The van der Waals surface area contributed by atoms with Crippen LogP contribution in [-0.2, 0) is 11.3 Å². The molecule has 1 amide bonds. The summed E-state index contributed by atoms with van der Waals surface area (Å²) < 4.78 is 7.18. The molecule has 3 aromatic carbocycles. The number of aromatic nitrogens is 3. The molecule has 1 aliphatic heterocycles. The molecular formula is C29H28N4O6S. The Balaban J connectivity index is 1.38. The third-order valence-corrected chi connectivity index (χ3v) is 8.15. The molecule has 0 aliphatic carbocycles. The number of amides is 1. The molecule has 10 nitrogen and oxygen atoms in total. The van der Waals surface area contributed by atoms with E-state index in [0.29, 0.717) is 17.5 Å². The fourth-order valence-electron chi connectivity index (χ4n) is 5.17. The number of aliphatic hydroxyl groups is 4. The van der Waals surface area contributed by atoms with Crippen molar-refractivity contribution in [3.63, 3.8) is 0 Å². The van der Waals surface area contributed by atoms with E-state index in [1.807, 2.05) is 41.8 Å². The summed E-state index contributed by atoms with van der Waals surface area (Å²) in [5, 5.41) is 56.0. The Bertz CT molecular complexity index is 1700. The molecule has 11 heteroatoms. The van der Waals surface area contributed by atoms with E-state index in [4.69, 9.17) is 4.74 Å². The number of carbonyl (C=O) groups is 1. The highest BCUT2D eigenvalue weighted by atomic mass is 32.1. The summed E-state index contributed by atoms with van der Waals surface area (Å²) in [6, 6.07) is 18.7. The van der Waals surface area contributed by atoms with Crippen LogP contribution < -0.4 is 5.32 Å². The van der Waals surface area contributed by atoms with Crippen LogP contribution in [0.1, 0.15) is 20.9 Å². The number of aliphatic hydroxyl groups excluding tert-OH is 4. The number of ether oxygens (including phenoxy) is 1. The standard InChI is InChI=1S/C29H28N4O6S/c1-15-31-32-28(40-15)19-8-9-20-21(27(37)30-24-26(36)25(35)23(14-34)39-29(24)38)13-33(22(20)11-19)12-16-6-7-17-4-2-3-5-18(17)10-16/h2-11,13,23-26,29,34-36,38H,12,14H2,1H3,(H,30,37)/t23-,24-,25-,26-,29?/m1/s1. The van der Waals surface area contributed by atoms with Crippen LogP contribution in [0.25, 0.3) is 32.2 Å². The topological polar surface area (TPSA) is 150 Å². The number of hydrogen-bond donors (Lipinski definition) is 5. The number of aryl methyl sites for hydroxylation is 1. The summed E-state index contributed by atoms with van der Waals surface area (Å²) in [6.45, 7) is 1.79. The number of nitrogens with one attached hydrogen (secondary N) is 1. The molecule has 1 fully saturated rings. The van der Waals surface area contributed by atoms with E-state index in [2.05, 4.69) is 45.8 Å². The lowest BCUT2D eigenvalue weighted by atomic mass is 9.96. The summed E-state index contributed by atoms with van der Waals surface area (Å²) >= 11 is 1.48. The Hall–Kier alpha value is -3.71. The molecule has 1 aliphatic rings. The normalized spacial score (nSPS) is 23.1. The molecule has 1 unspecified atom stereocenters. The Morgan fingerprint density at radius 1 is 1.02 bits per heavy atom. The molecule has 0 saturated carbocycles. The highest BCUT2D eigenvalue weighted by Gasteiger charge is 2.44. The number of rotatable bonds is 6. The van der Waals surface area contributed by atoms with Crippen LogP contribution in [0.15, 0.2) is 66.9 Å². The van der Waals surface area contributed by atoms with Crippen LogP contribution >= 0.6 is 11.3 Å². The van der Waals surface area contributed by atoms with Gasteiger partial charge in [-0.15, -0.1) is 10.2 Å². The van der Waals surface area contributed by atoms with E-state index < -0.39 is 43.2 Å². The number of benzene rings is 3. The van der Waals surface area contributed by atoms with E-state index in [1.54, 1.807) is 6.20 Å². The van der Waals surface area contributed by atoms with Gasteiger partial charge in [-0.1, -0.05) is 59.9 Å². The van der Waals surface area contributed by atoms with E-state index >= 15 is 0 Å². The highest BCUT2D eigenvalue weighted by molar-refractivity contribution is 7.14. The number of carbonyl (C=O) groups excluding carboxylic acids is 1. The van der Waals surface area contributed by atoms with Gasteiger partial charge in [-0.3, -0.25) is 4.79 Å². The summed E-state index contributed by atoms with van der Waals surface area (Å²) in [5.74, 6) is -0.553. The van der Waals surface area contributed by atoms with Gasteiger partial charge < -0.3 is 35.0 Å². The molecule has 0 bridgehead atoms. The molecule has 206 valence electrons. The first-order valence-electron chi connectivity index (χ1n) is 12.8. The summed E-state index contributed by atoms with van der Waals surface area (Å²) in [7, 11) is 0. The monoisotopic (exact) mass is 560 g/mol. The van der Waals surface area contributed by atoms with Gasteiger partial charge in [-0.05, 0) is 35.4 Å². The van der Waals surface area contributed by atoms with E-state index in [-0.39, 0.29) is 0 Å². The Kier molecular flexibility index (Phi) is 7.09. The summed E-state index contributed by atoms with van der Waals surface area (Å²) in [4.78, 5) is 13.5. The van der Waals surface area contributed by atoms with Crippen LogP contribution in [0.2, 0.25) is 0 Å². The van der Waals surface area contributed by atoms with E-state index in [9.17, 15) is 25.2 Å². The average Bonchev–Trinajstić information content (AvgIpc) is 3.56. The molecule has 0 spiro atoms. The maximum absolute atomic E-state index is 13.5. The predicted octanol–water partition coefficient (Wildman–Crippen LogP) is 2.20. The van der Waals surface area contributed by atoms with Crippen molar-refractivity contribution >= 4 is 38.9 Å². The van der Waals surface area contributed by atoms with Crippen LogP contribution in [0, 0.1) is 6.92 Å². The van der Waals surface area contributed by atoms with Gasteiger partial charge in [0, 0.05) is 29.2 Å². The zero-order valence-corrected chi connectivity index (χ0v) is 22.3. The maximum atomic E-state index is 13.5. The molecule has 0 radical (unpaired) electrons. The molecule has 6 rings (SSSR count). The quantitative estimate of drug-likeness (QED) is 0.212. The molecule has 40 heavy (non-hydrogen) atoms. The van der Waals surface area contributed by atoms with Gasteiger partial charge in [0.2, 0.25) is 0 Å². The third-order valence-electron chi connectivity index (χ3n) is 7.26. The minimum absolute atomic E-state index is 0.328. The Labute approximate surface area is 233 Å². The van der Waals surface area contributed by atoms with Crippen molar-refractivity contribution in [2.24, 2.45) is 0 Å². The minimum Gasteiger partial charge on any atom is -0.394 e. The Morgan fingerprint density at radius 2 is 1.82 bits per heavy atom. The lowest BCUT2D eigenvalue weighted by Crippen LogP contribution is -2.64. The minimum atomic E-state index is -1.61. The molecule has 3 heterocycles. The lowest BCUT2D eigenvalue weighted by Gasteiger charge is -2.40. The van der Waals surface area contributed by atoms with Crippen molar-refractivity contribution in [1.29, 1.82) is 0 Å². The maximum Gasteiger partial charge on any atom is 0.253 e. The van der Waals surface area contributed by atoms with Crippen molar-refractivity contribution < 1.29 is 30.0 Å². The molecule has 5 N–H and O–H groups in total. The average molecular weight is 561 g/mol. The first-order chi connectivity index (χ1) is 19.3. The van der Waals surface area contributed by atoms with Crippen molar-refractivity contribution in [3.8, 4) is 10.6 Å². The fraction of sp³-hybridized carbons (Fsp3) is 0.276. The lowest BCUT2D eigenvalue weighted by molar-refractivity contribution is -0.252. The molecule has 1 saturated heterocycles. The second-order valence-corrected chi connectivity index (χ2v) is 11.1. The van der Waals surface area contributed by atoms with E-state index in [1.165, 1.54) is 11.3 Å². The SMILES string of the molecule is Cc1nnc(-c2ccc3c(C(=O)N[C@H]4C(O)O[C@H](CO)[C@@H](O)[C@@H]4O)cn(Cc4ccc5ccccc5c4)c3c2)s1. The smallest absolute Gasteiger partial charge is 0.253 e. The first kappa shape index (κ1) is 26.5. The van der Waals surface area contributed by atoms with Crippen LogP contribution in [0.4, 0.5) is 0 Å². The van der Waals surface area contributed by atoms with Crippen molar-refractivity contribution in [2.75, 3.05) is 6.61 Å². The number of nitrogens with zero attached hydrogens (tertiary/aromatic N) is 3. The van der Waals surface area contributed by atoms with Crippen molar-refractivity contribution in [3.05, 3.63) is 83.0 Å². The van der Waals surface area contributed by atoms with Crippen LogP contribution in [0.5, 0.6) is 0 Å². The second-order valence-electron chi connectivity index (χ2n) is 9.94. The van der Waals surface area contributed by atoms with Crippen LogP contribution in [-0.4, -0.2) is 78.3 Å².